The van der Waals surface area contributed by atoms with Gasteiger partial charge in [0, 0.05) is 35.8 Å². The first-order valence-electron chi connectivity index (χ1n) is 10.7. The lowest BCUT2D eigenvalue weighted by Gasteiger charge is -2.44. The number of carbonyl (C=O) groups is 2. The summed E-state index contributed by atoms with van der Waals surface area (Å²) in [5, 5.41) is 4.03. The zero-order valence-electron chi connectivity index (χ0n) is 17.8. The number of likely N-dealkylation sites (N-methyl/N-ethyl adjacent to an activating group) is 1. The predicted octanol–water partition coefficient (Wildman–Crippen LogP) is 5.05. The third-order valence-corrected chi connectivity index (χ3v) is 7.95. The van der Waals surface area contributed by atoms with E-state index in [1.54, 1.807) is 11.8 Å². The first-order valence-corrected chi connectivity index (χ1v) is 11.9. The van der Waals surface area contributed by atoms with Crippen molar-refractivity contribution in [2.45, 2.75) is 44.0 Å². The molecule has 3 atom stereocenters. The highest BCUT2D eigenvalue weighted by atomic mass is 35.5. The molecule has 1 saturated carbocycles. The van der Waals surface area contributed by atoms with Crippen molar-refractivity contribution >= 4 is 41.3 Å². The number of aryl methyl sites for hydroxylation is 1. The quantitative estimate of drug-likeness (QED) is 0.658. The van der Waals surface area contributed by atoms with E-state index in [4.69, 9.17) is 11.6 Å². The van der Waals surface area contributed by atoms with Crippen molar-refractivity contribution in [3.05, 3.63) is 75.1 Å². The number of benzene rings is 2. The normalized spacial score (nSPS) is 24.7. The topological polar surface area (TPSA) is 49.4 Å². The number of thioether (sulfide) groups is 1. The van der Waals surface area contributed by atoms with E-state index in [-0.39, 0.29) is 23.8 Å². The molecule has 6 heteroatoms. The number of amides is 2. The molecular weight excluding hydrogens is 428 g/mol. The Bertz CT molecular complexity index is 1000. The Morgan fingerprint density at radius 2 is 1.94 bits per heavy atom. The molecule has 2 amide bonds. The summed E-state index contributed by atoms with van der Waals surface area (Å²) in [7, 11) is 1.85. The van der Waals surface area contributed by atoms with Crippen LogP contribution in [0.3, 0.4) is 0 Å². The van der Waals surface area contributed by atoms with E-state index in [2.05, 4.69) is 24.4 Å². The predicted molar refractivity (Wildman–Crippen MR) is 128 cm³/mol. The lowest BCUT2D eigenvalue weighted by molar-refractivity contribution is -0.132. The summed E-state index contributed by atoms with van der Waals surface area (Å²) in [5.74, 6) is 0.0332. The Morgan fingerprint density at radius 3 is 2.68 bits per heavy atom. The fraction of sp³-hybridized carbons (Fsp3) is 0.360. The van der Waals surface area contributed by atoms with Gasteiger partial charge in [0.15, 0.2) is 0 Å². The largest absolute Gasteiger partial charge is 0.352 e. The van der Waals surface area contributed by atoms with Gasteiger partial charge in [-0.25, -0.2) is 0 Å². The lowest BCUT2D eigenvalue weighted by Crippen LogP contribution is -2.52. The Balaban J connectivity index is 1.40. The molecule has 1 aliphatic heterocycles. The van der Waals surface area contributed by atoms with Crippen molar-refractivity contribution in [3.8, 4) is 0 Å². The number of nitrogens with one attached hydrogen (secondary N) is 1. The van der Waals surface area contributed by atoms with Crippen molar-refractivity contribution in [1.29, 1.82) is 0 Å². The molecule has 1 saturated heterocycles. The van der Waals surface area contributed by atoms with Gasteiger partial charge in [-0.15, -0.1) is 11.8 Å². The van der Waals surface area contributed by atoms with E-state index in [0.717, 1.165) is 28.9 Å². The van der Waals surface area contributed by atoms with Gasteiger partial charge in [0.2, 0.25) is 5.91 Å². The lowest BCUT2D eigenvalue weighted by atomic mass is 9.83. The van der Waals surface area contributed by atoms with Crippen LogP contribution >= 0.6 is 23.4 Å². The van der Waals surface area contributed by atoms with Crippen LogP contribution in [0.1, 0.15) is 36.0 Å². The first-order chi connectivity index (χ1) is 14.9. The summed E-state index contributed by atoms with van der Waals surface area (Å²) in [6.45, 7) is 2.59. The van der Waals surface area contributed by atoms with Crippen molar-refractivity contribution in [1.82, 2.24) is 10.2 Å². The summed E-state index contributed by atoms with van der Waals surface area (Å²) in [6.07, 6.45) is 4.35. The summed E-state index contributed by atoms with van der Waals surface area (Å²) >= 11 is 7.91. The fourth-order valence-electron chi connectivity index (χ4n) is 4.31. The monoisotopic (exact) mass is 454 g/mol. The van der Waals surface area contributed by atoms with Gasteiger partial charge in [0.1, 0.15) is 0 Å². The average Bonchev–Trinajstić information content (AvgIpc) is 2.78. The van der Waals surface area contributed by atoms with Crippen LogP contribution in [0.4, 0.5) is 0 Å². The van der Waals surface area contributed by atoms with E-state index in [9.17, 15) is 9.59 Å². The Hall–Kier alpha value is -2.24. The average molecular weight is 455 g/mol. The molecule has 0 aromatic heterocycles. The van der Waals surface area contributed by atoms with Gasteiger partial charge in [-0.2, -0.15) is 0 Å². The molecule has 2 aliphatic rings. The van der Waals surface area contributed by atoms with Gasteiger partial charge in [0.05, 0.1) is 4.91 Å². The standard InChI is InChI=1S/C25H27ClN2O2S/c1-16-7-9-17(10-8-16)15-27-24(29)19-11-12-22-21(13-19)28(2)25(30)23(31-22)14-18-5-3-4-6-20(18)26/h3-10,14,19,21-22H,11-13,15H2,1-2H3,(H,27,29)/b23-14-. The third-order valence-electron chi connectivity index (χ3n) is 6.21. The SMILES string of the molecule is Cc1ccc(CNC(=O)C2CCC3S/C(=C\c4ccccc4Cl)C(=O)N(C)C3C2)cc1. The highest BCUT2D eigenvalue weighted by molar-refractivity contribution is 8.04. The second-order valence-corrected chi connectivity index (χ2v) is 10.1. The Labute approximate surface area is 193 Å². The number of fused-ring (bicyclic) bond motifs is 1. The maximum Gasteiger partial charge on any atom is 0.260 e. The van der Waals surface area contributed by atoms with Crippen LogP contribution in [0.15, 0.2) is 53.4 Å². The first kappa shape index (κ1) is 22.0. The number of carbonyl (C=O) groups excluding carboxylic acids is 2. The number of hydrogen-bond acceptors (Lipinski definition) is 3. The molecule has 2 aromatic carbocycles. The summed E-state index contributed by atoms with van der Waals surface area (Å²) in [5.41, 5.74) is 3.16. The van der Waals surface area contributed by atoms with Crippen LogP contribution in [0.2, 0.25) is 5.02 Å². The number of rotatable bonds is 4. The Kier molecular flexibility index (Phi) is 6.73. The van der Waals surface area contributed by atoms with Gasteiger partial charge in [-0.05, 0) is 49.5 Å². The molecule has 1 N–H and O–H groups in total. The molecule has 0 bridgehead atoms. The third kappa shape index (κ3) is 4.99. The highest BCUT2D eigenvalue weighted by Gasteiger charge is 2.42. The van der Waals surface area contributed by atoms with Gasteiger partial charge < -0.3 is 10.2 Å². The fourth-order valence-corrected chi connectivity index (χ4v) is 5.97. The van der Waals surface area contributed by atoms with Crippen molar-refractivity contribution in [2.24, 2.45) is 5.92 Å². The van der Waals surface area contributed by atoms with E-state index in [1.807, 2.05) is 54.4 Å². The van der Waals surface area contributed by atoms with Crippen molar-refractivity contribution in [3.63, 3.8) is 0 Å². The molecule has 2 fully saturated rings. The number of hydrogen-bond donors (Lipinski definition) is 1. The molecule has 1 heterocycles. The summed E-state index contributed by atoms with van der Waals surface area (Å²) < 4.78 is 0. The molecule has 4 rings (SSSR count). The zero-order chi connectivity index (χ0) is 22.0. The summed E-state index contributed by atoms with van der Waals surface area (Å²) in [6, 6.07) is 15.8. The molecule has 0 radical (unpaired) electrons. The minimum atomic E-state index is -0.0587. The van der Waals surface area contributed by atoms with Crippen molar-refractivity contribution in [2.75, 3.05) is 7.05 Å². The second kappa shape index (κ2) is 9.49. The van der Waals surface area contributed by atoms with Gasteiger partial charge in [0.25, 0.3) is 5.91 Å². The number of nitrogens with zero attached hydrogens (tertiary/aromatic N) is 1. The van der Waals surface area contributed by atoms with Gasteiger partial charge >= 0.3 is 0 Å². The molecule has 0 spiro atoms. The minimum absolute atomic E-state index is 0.00637. The van der Waals surface area contributed by atoms with Crippen LogP contribution in [0.25, 0.3) is 6.08 Å². The molecule has 4 nitrogen and oxygen atoms in total. The van der Waals surface area contributed by atoms with Crippen LogP contribution in [-0.2, 0) is 16.1 Å². The Morgan fingerprint density at radius 1 is 1.19 bits per heavy atom. The van der Waals surface area contributed by atoms with E-state index in [1.165, 1.54) is 5.56 Å². The minimum Gasteiger partial charge on any atom is -0.352 e. The van der Waals surface area contributed by atoms with E-state index < -0.39 is 0 Å². The molecule has 1 aliphatic carbocycles. The van der Waals surface area contributed by atoms with E-state index in [0.29, 0.717) is 23.2 Å². The van der Waals surface area contributed by atoms with E-state index >= 15 is 0 Å². The molecule has 3 unspecified atom stereocenters. The zero-order valence-corrected chi connectivity index (χ0v) is 19.4. The van der Waals surface area contributed by atoms with Crippen molar-refractivity contribution < 1.29 is 9.59 Å². The molecular formula is C25H27ClN2O2S. The van der Waals surface area contributed by atoms with Crippen LogP contribution in [0.5, 0.6) is 0 Å². The molecule has 162 valence electrons. The molecule has 31 heavy (non-hydrogen) atoms. The van der Waals surface area contributed by atoms with Crippen LogP contribution < -0.4 is 5.32 Å². The smallest absolute Gasteiger partial charge is 0.260 e. The molecule has 2 aromatic rings. The number of halogens is 1. The maximum absolute atomic E-state index is 13.0. The van der Waals surface area contributed by atoms with Crippen LogP contribution in [-0.4, -0.2) is 35.1 Å². The van der Waals surface area contributed by atoms with Gasteiger partial charge in [-0.1, -0.05) is 59.6 Å². The maximum atomic E-state index is 13.0. The van der Waals surface area contributed by atoms with Crippen LogP contribution in [0, 0.1) is 12.8 Å². The van der Waals surface area contributed by atoms with Gasteiger partial charge in [-0.3, -0.25) is 9.59 Å². The second-order valence-electron chi connectivity index (χ2n) is 8.38. The highest BCUT2D eigenvalue weighted by Crippen LogP contribution is 2.43. The summed E-state index contributed by atoms with van der Waals surface area (Å²) in [4.78, 5) is 28.3.